The number of hydrogen-bond donors (Lipinski definition) is 4. The highest BCUT2D eigenvalue weighted by Crippen LogP contribution is 2.64. The van der Waals surface area contributed by atoms with Gasteiger partial charge in [-0.05, 0) is 47.1 Å². The summed E-state index contributed by atoms with van der Waals surface area (Å²) in [6.45, 7) is 8.54. The fraction of sp³-hybridized carbons (Fsp3) is 0.591. The van der Waals surface area contributed by atoms with E-state index in [2.05, 4.69) is 48.3 Å². The fourth-order valence-electron chi connectivity index (χ4n) is 10.6. The molecule has 0 saturated heterocycles. The number of unbranched alkanes of at least 4 members (excludes halogenated alkanes) is 12. The van der Waals surface area contributed by atoms with Crippen LogP contribution >= 0.6 is 0 Å². The Bertz CT molecular complexity index is 2060. The lowest BCUT2D eigenvalue weighted by molar-refractivity contribution is 0.315. The third kappa shape index (κ3) is 6.99. The fourth-order valence-corrected chi connectivity index (χ4v) is 10.6. The SMILES string of the molecule is CCCCCCC1(CCCCCC)c2cc(B(O)O)c3nonc3c2-c2c(F)c3c(c(F)c21)-c1c(cc(B(O)O)c2nonc12)C3(CCCCCC)CCCCCC. The first-order chi connectivity index (χ1) is 28.1. The molecule has 10 nitrogen and oxygen atoms in total. The molecule has 0 fully saturated rings. The number of nitrogens with zero attached hydrogens (tertiary/aromatic N) is 4. The molecule has 0 bridgehead atoms. The second kappa shape index (κ2) is 17.9. The van der Waals surface area contributed by atoms with E-state index in [-0.39, 0.29) is 55.2 Å². The highest BCUT2D eigenvalue weighted by atomic mass is 19.1. The van der Waals surface area contributed by atoms with E-state index in [1.54, 1.807) is 12.1 Å². The second-order valence-corrected chi connectivity index (χ2v) is 17.0. The first-order valence-electron chi connectivity index (χ1n) is 22.0. The Morgan fingerprint density at radius 3 is 1.07 bits per heavy atom. The van der Waals surface area contributed by atoms with Gasteiger partial charge in [-0.2, -0.15) is 0 Å². The lowest BCUT2D eigenvalue weighted by atomic mass is 9.67. The van der Waals surface area contributed by atoms with Crippen molar-refractivity contribution in [3.8, 4) is 22.3 Å². The van der Waals surface area contributed by atoms with Crippen molar-refractivity contribution in [2.24, 2.45) is 0 Å². The number of fused-ring (bicyclic) bond motifs is 10. The predicted octanol–water partition coefficient (Wildman–Crippen LogP) is 8.81. The molecular formula is C44H58B2F2N4O6. The third-order valence-corrected chi connectivity index (χ3v) is 13.4. The quantitative estimate of drug-likeness (QED) is 0.0394. The Morgan fingerprint density at radius 1 is 0.466 bits per heavy atom. The maximum atomic E-state index is 18.9. The molecule has 3 aromatic carbocycles. The van der Waals surface area contributed by atoms with Crippen molar-refractivity contribution in [1.82, 2.24) is 20.6 Å². The Balaban J connectivity index is 1.62. The summed E-state index contributed by atoms with van der Waals surface area (Å²) in [5.41, 5.74) is 1.39. The molecule has 2 heterocycles. The van der Waals surface area contributed by atoms with Crippen LogP contribution in [-0.4, -0.2) is 55.0 Å². The molecule has 58 heavy (non-hydrogen) atoms. The van der Waals surface area contributed by atoms with Crippen LogP contribution < -0.4 is 10.9 Å². The van der Waals surface area contributed by atoms with Crippen LogP contribution in [0.15, 0.2) is 21.4 Å². The minimum absolute atomic E-state index is 0.0830. The summed E-state index contributed by atoms with van der Waals surface area (Å²) in [7, 11) is -3.84. The Kier molecular flexibility index (Phi) is 13.1. The van der Waals surface area contributed by atoms with Crippen LogP contribution in [0.2, 0.25) is 0 Å². The van der Waals surface area contributed by atoms with E-state index in [9.17, 15) is 20.1 Å². The van der Waals surface area contributed by atoms with E-state index in [1.807, 2.05) is 0 Å². The molecular weight excluding hydrogens is 740 g/mol. The van der Waals surface area contributed by atoms with Crippen LogP contribution in [-0.2, 0) is 10.8 Å². The summed E-state index contributed by atoms with van der Waals surface area (Å²) >= 11 is 0. The van der Waals surface area contributed by atoms with Crippen molar-refractivity contribution in [1.29, 1.82) is 0 Å². The van der Waals surface area contributed by atoms with Crippen molar-refractivity contribution < 1.29 is 38.1 Å². The molecule has 0 saturated carbocycles. The Morgan fingerprint density at radius 2 is 0.776 bits per heavy atom. The first-order valence-corrected chi connectivity index (χ1v) is 22.0. The van der Waals surface area contributed by atoms with Crippen molar-refractivity contribution in [2.45, 2.75) is 167 Å². The molecule has 0 unspecified atom stereocenters. The van der Waals surface area contributed by atoms with Gasteiger partial charge >= 0.3 is 14.2 Å². The van der Waals surface area contributed by atoms with Gasteiger partial charge in [0.05, 0.1) is 0 Å². The molecule has 2 aromatic heterocycles. The van der Waals surface area contributed by atoms with E-state index >= 15 is 8.78 Å². The van der Waals surface area contributed by atoms with Gasteiger partial charge in [-0.3, -0.25) is 0 Å². The summed E-state index contributed by atoms with van der Waals surface area (Å²) in [6.07, 6.45) is 16.6. The third-order valence-electron chi connectivity index (χ3n) is 13.4. The van der Waals surface area contributed by atoms with Gasteiger partial charge in [0, 0.05) is 55.1 Å². The van der Waals surface area contributed by atoms with Gasteiger partial charge in [0.1, 0.15) is 33.7 Å². The van der Waals surface area contributed by atoms with Crippen LogP contribution in [0.3, 0.4) is 0 Å². The van der Waals surface area contributed by atoms with E-state index in [0.717, 1.165) is 103 Å². The number of benzene rings is 3. The summed E-state index contributed by atoms with van der Waals surface area (Å²) in [4.78, 5) is 0. The molecule has 0 aliphatic heterocycles. The lowest BCUT2D eigenvalue weighted by Crippen LogP contribution is -2.34. The van der Waals surface area contributed by atoms with Gasteiger partial charge in [0.25, 0.3) is 0 Å². The predicted molar refractivity (Wildman–Crippen MR) is 224 cm³/mol. The number of rotatable bonds is 22. The van der Waals surface area contributed by atoms with Crippen molar-refractivity contribution in [3.63, 3.8) is 0 Å². The zero-order valence-corrected chi connectivity index (χ0v) is 34.6. The molecule has 2 aliphatic carbocycles. The maximum absolute atomic E-state index is 18.9. The van der Waals surface area contributed by atoms with Gasteiger partial charge in [-0.25, -0.2) is 18.0 Å². The van der Waals surface area contributed by atoms with Gasteiger partial charge in [-0.15, -0.1) is 0 Å². The van der Waals surface area contributed by atoms with Gasteiger partial charge in [0.2, 0.25) is 0 Å². The van der Waals surface area contributed by atoms with E-state index in [4.69, 9.17) is 9.26 Å². The summed E-state index contributed by atoms with van der Waals surface area (Å²) in [5.74, 6) is -1.09. The monoisotopic (exact) mass is 798 g/mol. The molecule has 0 amide bonds. The van der Waals surface area contributed by atoms with Crippen LogP contribution in [0.1, 0.15) is 178 Å². The van der Waals surface area contributed by atoms with Crippen molar-refractivity contribution >= 4 is 47.2 Å². The van der Waals surface area contributed by atoms with Crippen molar-refractivity contribution in [2.75, 3.05) is 0 Å². The summed E-state index contributed by atoms with van der Waals surface area (Å²) in [6, 6.07) is 3.36. The first kappa shape index (κ1) is 42.4. The zero-order valence-electron chi connectivity index (χ0n) is 34.6. The van der Waals surface area contributed by atoms with Crippen molar-refractivity contribution in [3.05, 3.63) is 46.0 Å². The van der Waals surface area contributed by atoms with E-state index < -0.39 is 36.7 Å². The summed E-state index contributed by atoms with van der Waals surface area (Å²) in [5, 5.41) is 59.5. The molecule has 7 rings (SSSR count). The highest BCUT2D eigenvalue weighted by Gasteiger charge is 2.55. The largest absolute Gasteiger partial charge is 0.490 e. The normalized spacial score (nSPS) is 14.7. The standard InChI is InChI=1S/C44H58B2F2N4O6/c1-5-9-13-17-21-43(22-18-14-10-6-2)27-25-29(45(53)54)39-41(51-57-49-39)31(27)33-35(43)37(47)34-32-28(26-30(46(55)56)40-42(32)52-58-50-40)44(36(34)38(33)48,23-19-15-11-7-3)24-20-16-12-8-4/h25-26,53-56H,5-24H2,1-4H3. The van der Waals surface area contributed by atoms with Crippen LogP contribution in [0, 0.1) is 11.6 Å². The molecule has 0 atom stereocenters. The van der Waals surface area contributed by atoms with Gasteiger partial charge < -0.3 is 20.1 Å². The van der Waals surface area contributed by atoms with Gasteiger partial charge in [0.15, 0.2) is 0 Å². The highest BCUT2D eigenvalue weighted by molar-refractivity contribution is 6.62. The van der Waals surface area contributed by atoms with Crippen LogP contribution in [0.5, 0.6) is 0 Å². The molecule has 310 valence electrons. The minimum Gasteiger partial charge on any atom is -0.423 e. The molecule has 0 spiro atoms. The molecule has 2 aliphatic rings. The Labute approximate surface area is 340 Å². The smallest absolute Gasteiger partial charge is 0.423 e. The number of aromatic nitrogens is 4. The second-order valence-electron chi connectivity index (χ2n) is 17.0. The van der Waals surface area contributed by atoms with Crippen LogP contribution in [0.4, 0.5) is 8.78 Å². The minimum atomic E-state index is -1.92. The van der Waals surface area contributed by atoms with Gasteiger partial charge in [-0.1, -0.05) is 153 Å². The molecule has 4 N–H and O–H groups in total. The lowest BCUT2D eigenvalue weighted by Gasteiger charge is -2.35. The average Bonchev–Trinajstić information content (AvgIpc) is 4.00. The molecule has 5 aromatic rings. The zero-order chi connectivity index (χ0) is 41.2. The van der Waals surface area contributed by atoms with E-state index in [1.165, 1.54) is 0 Å². The Hall–Kier alpha value is -3.71. The average molecular weight is 799 g/mol. The molecule has 0 radical (unpaired) electrons. The maximum Gasteiger partial charge on any atom is 0.490 e. The number of hydrogen-bond acceptors (Lipinski definition) is 10. The molecule has 14 heteroatoms. The topological polar surface area (TPSA) is 159 Å². The van der Waals surface area contributed by atoms with Crippen LogP contribution in [0.25, 0.3) is 44.3 Å². The van der Waals surface area contributed by atoms with E-state index in [0.29, 0.717) is 47.9 Å². The number of halogens is 2. The summed E-state index contributed by atoms with van der Waals surface area (Å²) < 4.78 is 48.4.